The third kappa shape index (κ3) is 4.53. The van der Waals surface area contributed by atoms with E-state index in [1.807, 2.05) is 0 Å². The first-order valence-electron chi connectivity index (χ1n) is 10.6. The molecular weight excluding hydrogens is 496 g/mol. The summed E-state index contributed by atoms with van der Waals surface area (Å²) in [6, 6.07) is 13.2. The number of halogens is 2. The van der Waals surface area contributed by atoms with Gasteiger partial charge in [0.25, 0.3) is 11.8 Å². The molecule has 1 heterocycles. The smallest absolute Gasteiger partial charge is 0.263 e. The van der Waals surface area contributed by atoms with Crippen molar-refractivity contribution in [3.63, 3.8) is 0 Å². The third-order valence-electron chi connectivity index (χ3n) is 5.82. The van der Waals surface area contributed by atoms with Gasteiger partial charge in [0.1, 0.15) is 11.8 Å². The van der Waals surface area contributed by atoms with E-state index in [1.54, 1.807) is 18.2 Å². The topological polar surface area (TPSA) is 116 Å². The van der Waals surface area contributed by atoms with Crippen molar-refractivity contribution in [3.05, 3.63) is 89.5 Å². The predicted octanol–water partition coefficient (Wildman–Crippen LogP) is 2.70. The maximum Gasteiger partial charge on any atom is 0.263 e. The lowest BCUT2D eigenvalue weighted by Gasteiger charge is -2.29. The van der Waals surface area contributed by atoms with Crippen molar-refractivity contribution in [3.8, 4) is 5.75 Å². The van der Waals surface area contributed by atoms with E-state index in [0.717, 1.165) is 27.4 Å². The molecule has 2 N–H and O–H groups in total. The quantitative estimate of drug-likeness (QED) is 0.397. The number of hydrogen-bond acceptors (Lipinski definition) is 6. The van der Waals surface area contributed by atoms with Crippen molar-refractivity contribution in [2.45, 2.75) is 17.5 Å². The van der Waals surface area contributed by atoms with E-state index in [1.165, 1.54) is 42.9 Å². The van der Waals surface area contributed by atoms with E-state index in [4.69, 9.17) is 4.74 Å². The number of rotatable bonds is 5. The first-order valence-corrected chi connectivity index (χ1v) is 12.1. The number of carbonyl (C=O) groups is 2. The van der Waals surface area contributed by atoms with Crippen LogP contribution in [-0.2, 0) is 21.4 Å². The van der Waals surface area contributed by atoms with E-state index in [-0.39, 0.29) is 17.1 Å². The van der Waals surface area contributed by atoms with Crippen LogP contribution in [0.4, 0.5) is 14.5 Å². The van der Waals surface area contributed by atoms with Crippen molar-refractivity contribution in [1.29, 1.82) is 0 Å². The Morgan fingerprint density at radius 1 is 1.03 bits per heavy atom. The van der Waals surface area contributed by atoms with Crippen LogP contribution in [0, 0.1) is 11.6 Å². The zero-order valence-corrected chi connectivity index (χ0v) is 19.7. The summed E-state index contributed by atoms with van der Waals surface area (Å²) in [6.07, 6.45) is 0. The van der Waals surface area contributed by atoms with Crippen molar-refractivity contribution < 1.29 is 36.7 Å². The minimum absolute atomic E-state index is 0.160. The normalized spacial score (nSPS) is 16.1. The van der Waals surface area contributed by atoms with Crippen LogP contribution in [0.5, 0.6) is 5.75 Å². The lowest BCUT2D eigenvalue weighted by Crippen LogP contribution is -2.53. The van der Waals surface area contributed by atoms with Gasteiger partial charge in [0.05, 0.1) is 24.1 Å². The zero-order chi connectivity index (χ0) is 26.0. The zero-order valence-electron chi connectivity index (χ0n) is 18.9. The number of nitrogens with zero attached hydrogens (tertiary/aromatic N) is 2. The SMILES string of the molecule is COc1ccc(S(=O)(=O)N2Cc3ccccc3N(C(=O)c3cccc(F)c3F)CC2C(=O)NO)cc1. The number of fused-ring (bicyclic) bond motifs is 1. The molecule has 1 aliphatic heterocycles. The number of amides is 2. The Hall–Kier alpha value is -3.87. The second-order valence-corrected chi connectivity index (χ2v) is 9.75. The van der Waals surface area contributed by atoms with E-state index >= 15 is 0 Å². The number of nitrogens with one attached hydrogen (secondary N) is 1. The van der Waals surface area contributed by atoms with Crippen LogP contribution < -0.4 is 15.1 Å². The highest BCUT2D eigenvalue weighted by molar-refractivity contribution is 7.89. The molecule has 0 bridgehead atoms. The number of hydroxylamine groups is 1. The highest BCUT2D eigenvalue weighted by Crippen LogP contribution is 2.33. The van der Waals surface area contributed by atoms with Crippen LogP contribution in [0.25, 0.3) is 0 Å². The van der Waals surface area contributed by atoms with Gasteiger partial charge in [-0.1, -0.05) is 24.3 Å². The molecule has 0 spiro atoms. The van der Waals surface area contributed by atoms with Gasteiger partial charge in [-0.25, -0.2) is 22.7 Å². The maximum atomic E-state index is 14.5. The standard InChI is InChI=1S/C24H21F2N3O6S/c1-35-16-9-11-17(12-10-16)36(33,34)29-13-15-5-2-3-8-20(15)28(14-21(29)23(30)27-32)24(31)18-6-4-7-19(25)22(18)26/h2-12,21,32H,13-14H2,1H3,(H,27,30). The fraction of sp³-hybridized carbons (Fsp3) is 0.167. The molecule has 0 radical (unpaired) electrons. The van der Waals surface area contributed by atoms with Gasteiger partial charge in [0, 0.05) is 12.2 Å². The van der Waals surface area contributed by atoms with Gasteiger partial charge in [0.15, 0.2) is 11.6 Å². The fourth-order valence-corrected chi connectivity index (χ4v) is 5.54. The molecule has 0 saturated heterocycles. The number of ether oxygens (including phenoxy) is 1. The molecule has 0 fully saturated rings. The summed E-state index contributed by atoms with van der Waals surface area (Å²) in [6.45, 7) is -0.939. The molecule has 0 aromatic heterocycles. The van der Waals surface area contributed by atoms with Gasteiger partial charge in [-0.05, 0) is 48.0 Å². The highest BCUT2D eigenvalue weighted by atomic mass is 32.2. The second kappa shape index (κ2) is 10.0. The van der Waals surface area contributed by atoms with Gasteiger partial charge < -0.3 is 9.64 Å². The predicted molar refractivity (Wildman–Crippen MR) is 124 cm³/mol. The molecule has 2 amide bonds. The van der Waals surface area contributed by atoms with Gasteiger partial charge in [-0.15, -0.1) is 0 Å². The van der Waals surface area contributed by atoms with Crippen molar-refractivity contribution in [2.24, 2.45) is 0 Å². The minimum atomic E-state index is -4.35. The van der Waals surface area contributed by atoms with Gasteiger partial charge >= 0.3 is 0 Å². The van der Waals surface area contributed by atoms with Crippen LogP contribution in [0.15, 0.2) is 71.6 Å². The minimum Gasteiger partial charge on any atom is -0.497 e. The molecule has 4 rings (SSSR count). The number of carbonyl (C=O) groups excluding carboxylic acids is 2. The number of benzene rings is 3. The van der Waals surface area contributed by atoms with Crippen LogP contribution in [0.2, 0.25) is 0 Å². The summed E-state index contributed by atoms with van der Waals surface area (Å²) >= 11 is 0. The Morgan fingerprint density at radius 3 is 2.39 bits per heavy atom. The monoisotopic (exact) mass is 517 g/mol. The molecule has 12 heteroatoms. The van der Waals surface area contributed by atoms with Gasteiger partial charge in [-0.2, -0.15) is 4.31 Å². The summed E-state index contributed by atoms with van der Waals surface area (Å²) in [5, 5.41) is 9.39. The Labute approximate surface area is 205 Å². The molecule has 1 atom stereocenters. The van der Waals surface area contributed by atoms with Crippen molar-refractivity contribution in [2.75, 3.05) is 18.6 Å². The fourth-order valence-electron chi connectivity index (χ4n) is 3.98. The molecule has 188 valence electrons. The Bertz CT molecular complexity index is 1420. The summed E-state index contributed by atoms with van der Waals surface area (Å²) < 4.78 is 61.5. The molecule has 3 aromatic carbocycles. The lowest BCUT2D eigenvalue weighted by atomic mass is 10.1. The Balaban J connectivity index is 1.85. The van der Waals surface area contributed by atoms with E-state index in [0.29, 0.717) is 11.3 Å². The van der Waals surface area contributed by atoms with E-state index in [2.05, 4.69) is 0 Å². The van der Waals surface area contributed by atoms with Crippen molar-refractivity contribution in [1.82, 2.24) is 9.79 Å². The Kier molecular flexibility index (Phi) is 7.02. The summed E-state index contributed by atoms with van der Waals surface area (Å²) in [4.78, 5) is 26.9. The molecule has 1 unspecified atom stereocenters. The number of anilines is 1. The third-order valence-corrected chi connectivity index (χ3v) is 7.69. The molecule has 0 saturated carbocycles. The summed E-state index contributed by atoms with van der Waals surface area (Å²) in [5.74, 6) is -4.31. The van der Waals surface area contributed by atoms with Gasteiger partial charge in [-0.3, -0.25) is 14.8 Å². The number of para-hydroxylation sites is 1. The largest absolute Gasteiger partial charge is 0.497 e. The lowest BCUT2D eigenvalue weighted by molar-refractivity contribution is -0.133. The molecule has 1 aliphatic rings. The van der Waals surface area contributed by atoms with Crippen LogP contribution in [0.1, 0.15) is 15.9 Å². The molecule has 36 heavy (non-hydrogen) atoms. The molecule has 0 aliphatic carbocycles. The number of hydrogen-bond donors (Lipinski definition) is 2. The first kappa shape index (κ1) is 25.2. The summed E-state index contributed by atoms with van der Waals surface area (Å²) in [7, 11) is -2.93. The van der Waals surface area contributed by atoms with Crippen LogP contribution in [-0.4, -0.2) is 49.4 Å². The molecule has 3 aromatic rings. The molecular formula is C24H21F2N3O6S. The van der Waals surface area contributed by atoms with E-state index < -0.39 is 51.6 Å². The van der Waals surface area contributed by atoms with Crippen LogP contribution >= 0.6 is 0 Å². The average molecular weight is 518 g/mol. The van der Waals surface area contributed by atoms with Crippen LogP contribution in [0.3, 0.4) is 0 Å². The summed E-state index contributed by atoms with van der Waals surface area (Å²) in [5.41, 5.74) is 1.38. The number of sulfonamides is 1. The maximum absolute atomic E-state index is 14.5. The van der Waals surface area contributed by atoms with E-state index in [9.17, 15) is 32.0 Å². The average Bonchev–Trinajstić information content (AvgIpc) is 3.07. The van der Waals surface area contributed by atoms with Gasteiger partial charge in [0.2, 0.25) is 10.0 Å². The van der Waals surface area contributed by atoms with Crippen molar-refractivity contribution >= 4 is 27.5 Å². The Morgan fingerprint density at radius 2 is 1.72 bits per heavy atom. The number of methoxy groups -OCH3 is 1. The second-order valence-electron chi connectivity index (χ2n) is 7.86. The molecule has 9 nitrogen and oxygen atoms in total. The highest BCUT2D eigenvalue weighted by Gasteiger charge is 2.42. The first-order chi connectivity index (χ1) is 17.2.